The van der Waals surface area contributed by atoms with E-state index in [9.17, 15) is 0 Å². The Morgan fingerprint density at radius 2 is 2.00 bits per heavy atom. The molecule has 0 amide bonds. The Kier molecular flexibility index (Phi) is 4.62. The van der Waals surface area contributed by atoms with Gasteiger partial charge in [0.1, 0.15) is 0 Å². The molecule has 1 saturated heterocycles. The molecule has 1 aromatic rings. The summed E-state index contributed by atoms with van der Waals surface area (Å²) in [5, 5.41) is 3.41. The van der Waals surface area contributed by atoms with Crippen LogP contribution < -0.4 is 0 Å². The number of ether oxygens (including phenoxy) is 2. The molecule has 5 heteroatoms. The molecule has 5 nitrogen and oxygen atoms in total. The summed E-state index contributed by atoms with van der Waals surface area (Å²) in [5.74, 6) is 5.95. The lowest BCUT2D eigenvalue weighted by atomic mass is 10.1. The molecule has 0 radical (unpaired) electrons. The molecule has 1 aliphatic heterocycles. The van der Waals surface area contributed by atoms with Gasteiger partial charge < -0.3 is 9.47 Å². The summed E-state index contributed by atoms with van der Waals surface area (Å²) in [5.41, 5.74) is 10.0. The van der Waals surface area contributed by atoms with Crippen LogP contribution in [0, 0.1) is 11.8 Å². The molecule has 0 saturated carbocycles. The van der Waals surface area contributed by atoms with Crippen LogP contribution in [0.25, 0.3) is 10.4 Å². The third-order valence-corrected chi connectivity index (χ3v) is 2.44. The van der Waals surface area contributed by atoms with Gasteiger partial charge in [0.25, 0.3) is 0 Å². The molecular weight excluding hydrogens is 230 g/mol. The van der Waals surface area contributed by atoms with Gasteiger partial charge in [-0.3, -0.25) is 0 Å². The first-order valence-electron chi connectivity index (χ1n) is 5.73. The third kappa shape index (κ3) is 3.51. The molecule has 18 heavy (non-hydrogen) atoms. The maximum atomic E-state index is 8.10. The molecule has 0 unspecified atom stereocenters. The van der Waals surface area contributed by atoms with Crippen LogP contribution in [0.3, 0.4) is 0 Å². The van der Waals surface area contributed by atoms with E-state index in [0.29, 0.717) is 26.2 Å². The van der Waals surface area contributed by atoms with Crippen molar-refractivity contribution < 1.29 is 9.47 Å². The zero-order chi connectivity index (χ0) is 12.6. The molecule has 1 aromatic carbocycles. The SMILES string of the molecule is [N-]=[N+]=NCCC#Cc1ccc(C2OCCO2)cc1. The van der Waals surface area contributed by atoms with Gasteiger partial charge in [-0.25, -0.2) is 0 Å². The highest BCUT2D eigenvalue weighted by Gasteiger charge is 2.17. The maximum Gasteiger partial charge on any atom is 0.184 e. The first kappa shape index (κ1) is 12.5. The predicted molar refractivity (Wildman–Crippen MR) is 66.6 cm³/mol. The van der Waals surface area contributed by atoms with Crippen molar-refractivity contribution >= 4 is 0 Å². The van der Waals surface area contributed by atoms with Gasteiger partial charge in [-0.2, -0.15) is 0 Å². The fourth-order valence-corrected chi connectivity index (χ4v) is 1.59. The Morgan fingerprint density at radius 1 is 1.28 bits per heavy atom. The van der Waals surface area contributed by atoms with Gasteiger partial charge in [0.05, 0.1) is 13.2 Å². The van der Waals surface area contributed by atoms with Crippen molar-refractivity contribution in [1.29, 1.82) is 0 Å². The monoisotopic (exact) mass is 243 g/mol. The fourth-order valence-electron chi connectivity index (χ4n) is 1.59. The summed E-state index contributed by atoms with van der Waals surface area (Å²) in [6, 6.07) is 7.77. The van der Waals surface area contributed by atoms with E-state index in [1.807, 2.05) is 24.3 Å². The number of azide groups is 1. The summed E-state index contributed by atoms with van der Waals surface area (Å²) in [6.07, 6.45) is 0.331. The summed E-state index contributed by atoms with van der Waals surface area (Å²) in [6.45, 7) is 1.70. The normalized spacial score (nSPS) is 14.7. The Morgan fingerprint density at radius 3 is 2.67 bits per heavy atom. The number of nitrogens with zero attached hydrogens (tertiary/aromatic N) is 3. The second kappa shape index (κ2) is 6.67. The molecule has 0 aliphatic carbocycles. The van der Waals surface area contributed by atoms with Crippen LogP contribution in [0.2, 0.25) is 0 Å². The molecule has 0 atom stereocenters. The van der Waals surface area contributed by atoms with Crippen molar-refractivity contribution in [2.24, 2.45) is 5.11 Å². The van der Waals surface area contributed by atoms with Crippen LogP contribution in [0.15, 0.2) is 29.4 Å². The standard InChI is InChI=1S/C13H13N3O2/c14-16-15-8-2-1-3-11-4-6-12(7-5-11)13-17-9-10-18-13/h4-7,13H,2,8-10H2. The van der Waals surface area contributed by atoms with Crippen molar-refractivity contribution in [3.05, 3.63) is 45.8 Å². The molecule has 1 heterocycles. The van der Waals surface area contributed by atoms with Gasteiger partial charge in [0, 0.05) is 29.0 Å². The molecule has 1 fully saturated rings. The summed E-state index contributed by atoms with van der Waals surface area (Å²) in [7, 11) is 0. The number of hydrogen-bond donors (Lipinski definition) is 0. The molecule has 0 spiro atoms. The Labute approximate surface area is 105 Å². The molecule has 0 aromatic heterocycles. The van der Waals surface area contributed by atoms with Crippen LogP contribution >= 0.6 is 0 Å². The van der Waals surface area contributed by atoms with Gasteiger partial charge in [0.15, 0.2) is 6.29 Å². The predicted octanol–water partition coefficient (Wildman–Crippen LogP) is 2.78. The minimum absolute atomic E-state index is 0.239. The van der Waals surface area contributed by atoms with Gasteiger partial charge in [0.2, 0.25) is 0 Å². The largest absolute Gasteiger partial charge is 0.346 e. The highest BCUT2D eigenvalue weighted by atomic mass is 16.7. The van der Waals surface area contributed by atoms with E-state index in [0.717, 1.165) is 11.1 Å². The van der Waals surface area contributed by atoms with Gasteiger partial charge in [-0.15, -0.1) is 0 Å². The van der Waals surface area contributed by atoms with Crippen LogP contribution in [0.5, 0.6) is 0 Å². The van der Waals surface area contributed by atoms with E-state index < -0.39 is 0 Å². The third-order valence-electron chi connectivity index (χ3n) is 2.44. The summed E-state index contributed by atoms with van der Waals surface area (Å²) in [4.78, 5) is 2.67. The second-order valence-electron chi connectivity index (χ2n) is 3.70. The smallest absolute Gasteiger partial charge is 0.184 e. The summed E-state index contributed by atoms with van der Waals surface area (Å²) >= 11 is 0. The number of benzene rings is 1. The zero-order valence-electron chi connectivity index (χ0n) is 9.87. The Balaban J connectivity index is 1.92. The van der Waals surface area contributed by atoms with E-state index in [2.05, 4.69) is 21.9 Å². The zero-order valence-corrected chi connectivity index (χ0v) is 9.87. The van der Waals surface area contributed by atoms with Crippen LogP contribution in [0.1, 0.15) is 23.8 Å². The lowest BCUT2D eigenvalue weighted by Crippen LogP contribution is -1.97. The van der Waals surface area contributed by atoms with Crippen molar-refractivity contribution in [3.63, 3.8) is 0 Å². The average Bonchev–Trinajstić information content (AvgIpc) is 2.93. The van der Waals surface area contributed by atoms with Crippen molar-refractivity contribution in [2.75, 3.05) is 19.8 Å². The highest BCUT2D eigenvalue weighted by Crippen LogP contribution is 2.22. The molecule has 92 valence electrons. The van der Waals surface area contributed by atoms with Crippen LogP contribution in [-0.2, 0) is 9.47 Å². The number of rotatable bonds is 3. The Bertz CT molecular complexity index is 489. The van der Waals surface area contributed by atoms with E-state index in [1.54, 1.807) is 0 Å². The highest BCUT2D eigenvalue weighted by molar-refractivity contribution is 5.36. The topological polar surface area (TPSA) is 67.2 Å². The van der Waals surface area contributed by atoms with Gasteiger partial charge >= 0.3 is 0 Å². The van der Waals surface area contributed by atoms with Gasteiger partial charge in [-0.05, 0) is 17.7 Å². The molecule has 0 bridgehead atoms. The first-order chi connectivity index (χ1) is 8.90. The maximum absolute atomic E-state index is 8.10. The summed E-state index contributed by atoms with van der Waals surface area (Å²) < 4.78 is 10.8. The lowest BCUT2D eigenvalue weighted by Gasteiger charge is -2.08. The quantitative estimate of drug-likeness (QED) is 0.269. The van der Waals surface area contributed by atoms with E-state index >= 15 is 0 Å². The Hall–Kier alpha value is -1.99. The fraction of sp³-hybridized carbons (Fsp3) is 0.385. The average molecular weight is 243 g/mol. The van der Waals surface area contributed by atoms with Gasteiger partial charge in [-0.1, -0.05) is 29.1 Å². The molecule has 0 N–H and O–H groups in total. The van der Waals surface area contributed by atoms with E-state index in [1.165, 1.54) is 0 Å². The lowest BCUT2D eigenvalue weighted by molar-refractivity contribution is -0.0441. The molecular formula is C13H13N3O2. The minimum Gasteiger partial charge on any atom is -0.346 e. The minimum atomic E-state index is -0.239. The van der Waals surface area contributed by atoms with Crippen molar-refractivity contribution in [2.45, 2.75) is 12.7 Å². The second-order valence-corrected chi connectivity index (χ2v) is 3.70. The molecule has 2 rings (SSSR count). The van der Waals surface area contributed by atoms with Crippen molar-refractivity contribution in [3.8, 4) is 11.8 Å². The van der Waals surface area contributed by atoms with E-state index in [4.69, 9.17) is 15.0 Å². The van der Waals surface area contributed by atoms with E-state index in [-0.39, 0.29) is 6.29 Å². The van der Waals surface area contributed by atoms with Crippen LogP contribution in [0.4, 0.5) is 0 Å². The van der Waals surface area contributed by atoms with Crippen LogP contribution in [-0.4, -0.2) is 19.8 Å². The number of hydrogen-bond acceptors (Lipinski definition) is 3. The first-order valence-corrected chi connectivity index (χ1v) is 5.73. The molecule has 1 aliphatic rings. The van der Waals surface area contributed by atoms with Crippen molar-refractivity contribution in [1.82, 2.24) is 0 Å².